The van der Waals surface area contributed by atoms with E-state index in [9.17, 15) is 4.79 Å². The van der Waals surface area contributed by atoms with Crippen molar-refractivity contribution >= 4 is 16.9 Å². The van der Waals surface area contributed by atoms with Crippen LogP contribution in [0.1, 0.15) is 40.8 Å². The molecule has 1 N–H and O–H groups in total. The SMILES string of the molecule is Cc1nc(-c2ccc(C(=O)N3CCC(c4nc5ccccc5[nH]4)CC3)cc2)no1. The third-order valence-electron chi connectivity index (χ3n) is 5.49. The second-order valence-corrected chi connectivity index (χ2v) is 7.42. The van der Waals surface area contributed by atoms with Crippen LogP contribution in [0.2, 0.25) is 0 Å². The molecule has 29 heavy (non-hydrogen) atoms. The van der Waals surface area contributed by atoms with Gasteiger partial charge in [-0.25, -0.2) is 4.98 Å². The molecule has 0 spiro atoms. The van der Waals surface area contributed by atoms with Crippen molar-refractivity contribution in [1.82, 2.24) is 25.0 Å². The Morgan fingerprint density at radius 2 is 1.83 bits per heavy atom. The largest absolute Gasteiger partial charge is 0.342 e. The van der Waals surface area contributed by atoms with Crippen LogP contribution in [0.25, 0.3) is 22.4 Å². The zero-order valence-corrected chi connectivity index (χ0v) is 16.1. The molecule has 0 aliphatic carbocycles. The predicted octanol–water partition coefficient (Wildman–Crippen LogP) is 3.94. The van der Waals surface area contributed by atoms with E-state index in [0.717, 1.165) is 48.4 Å². The van der Waals surface area contributed by atoms with E-state index in [2.05, 4.69) is 15.1 Å². The summed E-state index contributed by atoms with van der Waals surface area (Å²) >= 11 is 0. The van der Waals surface area contributed by atoms with Gasteiger partial charge in [-0.05, 0) is 37.1 Å². The Labute approximate surface area is 167 Å². The third kappa shape index (κ3) is 3.40. The lowest BCUT2D eigenvalue weighted by Gasteiger charge is -2.31. The minimum atomic E-state index is 0.0592. The number of hydrogen-bond acceptors (Lipinski definition) is 5. The van der Waals surface area contributed by atoms with Crippen LogP contribution >= 0.6 is 0 Å². The summed E-state index contributed by atoms with van der Waals surface area (Å²) < 4.78 is 5.01. The van der Waals surface area contributed by atoms with Crippen molar-refractivity contribution < 1.29 is 9.32 Å². The molecule has 2 aromatic carbocycles. The summed E-state index contributed by atoms with van der Waals surface area (Å²) in [5.41, 5.74) is 3.58. The van der Waals surface area contributed by atoms with Crippen LogP contribution in [0.3, 0.4) is 0 Å². The second-order valence-electron chi connectivity index (χ2n) is 7.42. The van der Waals surface area contributed by atoms with E-state index in [0.29, 0.717) is 23.2 Å². The first-order chi connectivity index (χ1) is 14.2. The van der Waals surface area contributed by atoms with Gasteiger partial charge in [0.15, 0.2) is 0 Å². The summed E-state index contributed by atoms with van der Waals surface area (Å²) in [5.74, 6) is 2.50. The van der Waals surface area contributed by atoms with Crippen LogP contribution in [0, 0.1) is 6.92 Å². The molecule has 7 nitrogen and oxygen atoms in total. The van der Waals surface area contributed by atoms with Gasteiger partial charge >= 0.3 is 0 Å². The Kier molecular flexibility index (Phi) is 4.35. The van der Waals surface area contributed by atoms with E-state index in [-0.39, 0.29) is 5.91 Å². The Hall–Kier alpha value is -3.48. The minimum Gasteiger partial charge on any atom is -0.342 e. The summed E-state index contributed by atoms with van der Waals surface area (Å²) in [6, 6.07) is 15.5. The molecule has 1 amide bonds. The number of aromatic nitrogens is 4. The quantitative estimate of drug-likeness (QED) is 0.575. The zero-order chi connectivity index (χ0) is 19.8. The van der Waals surface area contributed by atoms with Gasteiger partial charge in [0.05, 0.1) is 11.0 Å². The molecule has 4 aromatic rings. The Bertz CT molecular complexity index is 1120. The molecule has 1 aliphatic rings. The number of nitrogens with one attached hydrogen (secondary N) is 1. The Morgan fingerprint density at radius 3 is 2.52 bits per heavy atom. The highest BCUT2D eigenvalue weighted by Gasteiger charge is 2.26. The van der Waals surface area contributed by atoms with Crippen LogP contribution in [-0.2, 0) is 0 Å². The maximum atomic E-state index is 12.9. The smallest absolute Gasteiger partial charge is 0.253 e. The first kappa shape index (κ1) is 17.6. The fraction of sp³-hybridized carbons (Fsp3) is 0.273. The van der Waals surface area contributed by atoms with Crippen molar-refractivity contribution in [2.75, 3.05) is 13.1 Å². The van der Waals surface area contributed by atoms with Gasteiger partial charge in [-0.15, -0.1) is 0 Å². The number of benzene rings is 2. The van der Waals surface area contributed by atoms with E-state index in [1.54, 1.807) is 6.92 Å². The number of hydrogen-bond donors (Lipinski definition) is 1. The van der Waals surface area contributed by atoms with Crippen LogP contribution in [0.15, 0.2) is 53.1 Å². The van der Waals surface area contributed by atoms with Gasteiger partial charge in [-0.3, -0.25) is 4.79 Å². The lowest BCUT2D eigenvalue weighted by Crippen LogP contribution is -2.38. The molecule has 0 unspecified atom stereocenters. The van der Waals surface area contributed by atoms with Crippen molar-refractivity contribution in [3.8, 4) is 11.4 Å². The van der Waals surface area contributed by atoms with Gasteiger partial charge in [-0.2, -0.15) is 4.98 Å². The van der Waals surface area contributed by atoms with Gasteiger partial charge in [0.25, 0.3) is 5.91 Å². The van der Waals surface area contributed by atoms with E-state index >= 15 is 0 Å². The maximum absolute atomic E-state index is 12.9. The van der Waals surface area contributed by atoms with E-state index in [4.69, 9.17) is 9.51 Å². The van der Waals surface area contributed by atoms with Gasteiger partial charge in [0.2, 0.25) is 11.7 Å². The number of carbonyl (C=O) groups excluding carboxylic acids is 1. The normalized spacial score (nSPS) is 15.1. The molecule has 1 saturated heterocycles. The number of H-pyrrole nitrogens is 1. The fourth-order valence-corrected chi connectivity index (χ4v) is 3.88. The van der Waals surface area contributed by atoms with Crippen molar-refractivity contribution in [2.24, 2.45) is 0 Å². The third-order valence-corrected chi connectivity index (χ3v) is 5.49. The molecule has 0 radical (unpaired) electrons. The zero-order valence-electron chi connectivity index (χ0n) is 16.1. The number of amides is 1. The number of likely N-dealkylation sites (tertiary alicyclic amines) is 1. The molecule has 0 bridgehead atoms. The molecule has 1 fully saturated rings. The fourth-order valence-electron chi connectivity index (χ4n) is 3.88. The van der Waals surface area contributed by atoms with Gasteiger partial charge in [-0.1, -0.05) is 29.4 Å². The molecule has 2 aromatic heterocycles. The average molecular weight is 387 g/mol. The van der Waals surface area contributed by atoms with Crippen molar-refractivity contribution in [3.05, 3.63) is 65.8 Å². The van der Waals surface area contributed by atoms with Gasteiger partial charge in [0.1, 0.15) is 5.82 Å². The number of carbonyl (C=O) groups is 1. The van der Waals surface area contributed by atoms with Crippen LogP contribution in [0.5, 0.6) is 0 Å². The van der Waals surface area contributed by atoms with Crippen LogP contribution in [-0.4, -0.2) is 44.0 Å². The number of nitrogens with zero attached hydrogens (tertiary/aromatic N) is 4. The Morgan fingerprint density at radius 1 is 1.07 bits per heavy atom. The van der Waals surface area contributed by atoms with Crippen molar-refractivity contribution in [2.45, 2.75) is 25.7 Å². The molecular weight excluding hydrogens is 366 g/mol. The Balaban J connectivity index is 1.25. The lowest BCUT2D eigenvalue weighted by molar-refractivity contribution is 0.0711. The van der Waals surface area contributed by atoms with Gasteiger partial charge in [0, 0.05) is 37.1 Å². The van der Waals surface area contributed by atoms with Crippen LogP contribution in [0.4, 0.5) is 0 Å². The number of aromatic amines is 1. The topological polar surface area (TPSA) is 87.9 Å². The number of aryl methyl sites for hydroxylation is 1. The standard InChI is InChI=1S/C22H21N5O2/c1-14-23-21(26-29-14)15-6-8-17(9-7-15)22(28)27-12-10-16(11-13-27)20-24-18-4-2-3-5-19(18)25-20/h2-9,16H,10-13H2,1H3,(H,24,25). The summed E-state index contributed by atoms with van der Waals surface area (Å²) in [4.78, 5) is 27.2. The van der Waals surface area contributed by atoms with E-state index < -0.39 is 0 Å². The monoisotopic (exact) mass is 387 g/mol. The van der Waals surface area contributed by atoms with Crippen molar-refractivity contribution in [1.29, 1.82) is 0 Å². The molecule has 7 heteroatoms. The molecule has 146 valence electrons. The molecular formula is C22H21N5O2. The number of fused-ring (bicyclic) bond motifs is 1. The maximum Gasteiger partial charge on any atom is 0.253 e. The molecule has 3 heterocycles. The number of rotatable bonds is 3. The average Bonchev–Trinajstić information content (AvgIpc) is 3.40. The molecule has 0 saturated carbocycles. The van der Waals surface area contributed by atoms with E-state index in [1.807, 2.05) is 53.4 Å². The molecule has 0 atom stereocenters. The highest BCUT2D eigenvalue weighted by molar-refractivity contribution is 5.94. The summed E-state index contributed by atoms with van der Waals surface area (Å²) in [7, 11) is 0. The molecule has 1 aliphatic heterocycles. The number of para-hydroxylation sites is 2. The number of imidazole rings is 1. The van der Waals surface area contributed by atoms with Crippen LogP contribution < -0.4 is 0 Å². The second kappa shape index (κ2) is 7.16. The first-order valence-electron chi connectivity index (χ1n) is 9.82. The summed E-state index contributed by atoms with van der Waals surface area (Å²) in [6.45, 7) is 3.21. The first-order valence-corrected chi connectivity index (χ1v) is 9.82. The minimum absolute atomic E-state index is 0.0592. The highest BCUT2D eigenvalue weighted by atomic mass is 16.5. The van der Waals surface area contributed by atoms with E-state index in [1.165, 1.54) is 0 Å². The van der Waals surface area contributed by atoms with Gasteiger partial charge < -0.3 is 14.4 Å². The predicted molar refractivity (Wildman–Crippen MR) is 108 cm³/mol. The summed E-state index contributed by atoms with van der Waals surface area (Å²) in [6.07, 6.45) is 1.82. The van der Waals surface area contributed by atoms with Crippen molar-refractivity contribution in [3.63, 3.8) is 0 Å². The number of piperidine rings is 1. The summed E-state index contributed by atoms with van der Waals surface area (Å²) in [5, 5.41) is 3.91. The highest BCUT2D eigenvalue weighted by Crippen LogP contribution is 2.28. The lowest BCUT2D eigenvalue weighted by atomic mass is 9.95. The molecule has 5 rings (SSSR count).